The third-order valence-electron chi connectivity index (χ3n) is 7.84. The second-order valence-corrected chi connectivity index (χ2v) is 10.5. The number of aliphatic imine (C=N–C) groups is 1. The predicted molar refractivity (Wildman–Crippen MR) is 167 cm³/mol. The van der Waals surface area contributed by atoms with Gasteiger partial charge in [-0.2, -0.15) is 0 Å². The minimum Gasteiger partial charge on any atom is -0.357 e. The molecule has 1 fully saturated rings. The van der Waals surface area contributed by atoms with Crippen molar-refractivity contribution in [1.29, 1.82) is 0 Å². The fourth-order valence-corrected chi connectivity index (χ4v) is 5.07. The van der Waals surface area contributed by atoms with Gasteiger partial charge in [-0.3, -0.25) is 9.78 Å². The molecule has 40 heavy (non-hydrogen) atoms. The number of allylic oxidation sites excluding steroid dienone is 2. The van der Waals surface area contributed by atoms with Gasteiger partial charge < -0.3 is 4.90 Å². The van der Waals surface area contributed by atoms with Gasteiger partial charge >= 0.3 is 0 Å². The number of nitrogens with zero attached hydrogens (tertiary/aromatic N) is 6. The van der Waals surface area contributed by atoms with E-state index in [0.717, 1.165) is 77.2 Å². The van der Waals surface area contributed by atoms with Crippen LogP contribution in [0.1, 0.15) is 101 Å². The average molecular weight is 543 g/mol. The maximum absolute atomic E-state index is 11.9. The number of ketones is 1. The number of carbonyl (C=O) groups is 1. The van der Waals surface area contributed by atoms with E-state index in [4.69, 9.17) is 4.98 Å². The van der Waals surface area contributed by atoms with Gasteiger partial charge in [0.05, 0.1) is 17.9 Å². The van der Waals surface area contributed by atoms with Crippen LogP contribution in [0.3, 0.4) is 0 Å². The highest BCUT2D eigenvalue weighted by Gasteiger charge is 2.24. The van der Waals surface area contributed by atoms with Crippen LogP contribution in [0, 0.1) is 13.8 Å². The maximum atomic E-state index is 11.9. The highest BCUT2D eigenvalue weighted by atomic mass is 16.1. The molecule has 0 N–H and O–H groups in total. The quantitative estimate of drug-likeness (QED) is 0.202. The third-order valence-corrected chi connectivity index (χ3v) is 7.84. The molecule has 7 nitrogen and oxygen atoms in total. The molecule has 0 unspecified atom stereocenters. The zero-order chi connectivity index (χ0) is 29.2. The molecule has 0 amide bonds. The fourth-order valence-electron chi connectivity index (χ4n) is 5.07. The number of Topliss-reactive ketones (excluding diaryl/α,β-unsaturated/α-hetero) is 1. The molecule has 1 aromatic carbocycles. The number of unbranched alkanes of at least 4 members (excludes halogenated alkanes) is 2. The van der Waals surface area contributed by atoms with Gasteiger partial charge in [0.2, 0.25) is 0 Å². The van der Waals surface area contributed by atoms with Gasteiger partial charge in [0.25, 0.3) is 0 Å². The zero-order valence-electron chi connectivity index (χ0n) is 25.5. The van der Waals surface area contributed by atoms with Crippen LogP contribution in [0.15, 0.2) is 53.4 Å². The second-order valence-electron chi connectivity index (χ2n) is 10.5. The SMILES string of the molecule is C=C(/N=C\C(=C/C)CC)N1CCC(n2nnc3cc(-c4ccc(C(C)=O)c(C)c4C)ncc32)CC1.CCCCC. The molecular weight excluding hydrogens is 496 g/mol. The summed E-state index contributed by atoms with van der Waals surface area (Å²) in [5.41, 5.74) is 7.66. The normalized spacial score (nSPS) is 14.5. The lowest BCUT2D eigenvalue weighted by atomic mass is 9.94. The minimum atomic E-state index is 0.0773. The number of hydrogen-bond acceptors (Lipinski definition) is 6. The highest BCUT2D eigenvalue weighted by molar-refractivity contribution is 5.96. The summed E-state index contributed by atoms with van der Waals surface area (Å²) in [6.07, 6.45) is 12.8. The molecule has 0 bridgehead atoms. The maximum Gasteiger partial charge on any atom is 0.160 e. The van der Waals surface area contributed by atoms with E-state index >= 15 is 0 Å². The number of rotatable bonds is 9. The Morgan fingerprint density at radius 1 is 1.12 bits per heavy atom. The molecule has 0 atom stereocenters. The van der Waals surface area contributed by atoms with Gasteiger partial charge in [-0.05, 0) is 69.7 Å². The molecule has 3 aromatic rings. The van der Waals surface area contributed by atoms with E-state index in [-0.39, 0.29) is 11.8 Å². The number of likely N-dealkylation sites (tertiary alicyclic amines) is 1. The molecule has 0 radical (unpaired) electrons. The first kappa shape index (κ1) is 30.9. The largest absolute Gasteiger partial charge is 0.357 e. The van der Waals surface area contributed by atoms with Gasteiger partial charge in [0.15, 0.2) is 5.78 Å². The highest BCUT2D eigenvalue weighted by Crippen LogP contribution is 2.30. The van der Waals surface area contributed by atoms with Gasteiger partial charge in [0, 0.05) is 30.4 Å². The summed E-state index contributed by atoms with van der Waals surface area (Å²) in [6, 6.07) is 6.12. The van der Waals surface area contributed by atoms with Gasteiger partial charge in [-0.15, -0.1) is 5.10 Å². The zero-order valence-corrected chi connectivity index (χ0v) is 25.5. The molecule has 214 valence electrons. The fraction of sp³-hybridized carbons (Fsp3) is 0.485. The van der Waals surface area contributed by atoms with Crippen molar-refractivity contribution in [1.82, 2.24) is 24.9 Å². The van der Waals surface area contributed by atoms with Gasteiger partial charge in [0.1, 0.15) is 16.9 Å². The van der Waals surface area contributed by atoms with Crippen molar-refractivity contribution in [2.24, 2.45) is 4.99 Å². The lowest BCUT2D eigenvalue weighted by molar-refractivity contribution is 0.101. The molecule has 0 aliphatic carbocycles. The topological polar surface area (TPSA) is 76.3 Å². The van der Waals surface area contributed by atoms with Crippen molar-refractivity contribution in [3.05, 3.63) is 65.1 Å². The molecular formula is C33H46N6O. The number of hydrogen-bond donors (Lipinski definition) is 0. The predicted octanol–water partition coefficient (Wildman–Crippen LogP) is 8.04. The summed E-state index contributed by atoms with van der Waals surface area (Å²) >= 11 is 0. The van der Waals surface area contributed by atoms with E-state index in [2.05, 4.69) is 53.6 Å². The summed E-state index contributed by atoms with van der Waals surface area (Å²) in [7, 11) is 0. The van der Waals surface area contributed by atoms with Crippen LogP contribution in [0.2, 0.25) is 0 Å². The van der Waals surface area contributed by atoms with Gasteiger partial charge in [-0.1, -0.05) is 70.0 Å². The standard InChI is InChI=1S/C28H34N6O.C5H12/c1-7-22(8-2)16-29-21(6)33-13-11-23(12-14-33)34-28-17-30-26(15-27(28)31-32-34)25-10-9-24(20(5)35)18(3)19(25)4;1-3-5-4-2/h7,9-10,15-17,23H,6,8,11-14H2,1-5H3;3-5H2,1-2H3/b22-7-,29-16-;. The van der Waals surface area contributed by atoms with Crippen molar-refractivity contribution in [3.8, 4) is 11.3 Å². The van der Waals surface area contributed by atoms with E-state index in [1.165, 1.54) is 24.8 Å². The first-order valence-corrected chi connectivity index (χ1v) is 14.7. The van der Waals surface area contributed by atoms with Crippen molar-refractivity contribution >= 4 is 23.0 Å². The van der Waals surface area contributed by atoms with E-state index in [1.807, 2.05) is 56.1 Å². The summed E-state index contributed by atoms with van der Waals surface area (Å²) in [4.78, 5) is 23.4. The summed E-state index contributed by atoms with van der Waals surface area (Å²) in [5, 5.41) is 8.94. The van der Waals surface area contributed by atoms with Crippen LogP contribution in [0.25, 0.3) is 22.3 Å². The Bertz CT molecular complexity index is 1370. The Balaban J connectivity index is 0.000000810. The molecule has 1 aliphatic heterocycles. The molecule has 1 saturated heterocycles. The van der Waals surface area contributed by atoms with E-state index in [0.29, 0.717) is 0 Å². The number of benzene rings is 1. The van der Waals surface area contributed by atoms with Crippen LogP contribution in [-0.2, 0) is 0 Å². The molecule has 2 aromatic heterocycles. The number of fused-ring (bicyclic) bond motifs is 1. The van der Waals surface area contributed by atoms with Crippen molar-refractivity contribution in [3.63, 3.8) is 0 Å². The second kappa shape index (κ2) is 14.7. The molecule has 0 spiro atoms. The van der Waals surface area contributed by atoms with E-state index < -0.39 is 0 Å². The molecule has 4 rings (SSSR count). The Morgan fingerprint density at radius 3 is 2.40 bits per heavy atom. The number of carbonyl (C=O) groups excluding carboxylic acids is 1. The smallest absolute Gasteiger partial charge is 0.160 e. The summed E-state index contributed by atoms with van der Waals surface area (Å²) < 4.78 is 2.02. The van der Waals surface area contributed by atoms with E-state index in [1.54, 1.807) is 6.92 Å². The van der Waals surface area contributed by atoms with Crippen molar-refractivity contribution in [2.75, 3.05) is 13.1 Å². The average Bonchev–Trinajstić information content (AvgIpc) is 3.39. The number of piperidine rings is 1. The molecule has 1 aliphatic rings. The first-order valence-electron chi connectivity index (χ1n) is 14.7. The van der Waals surface area contributed by atoms with Crippen LogP contribution in [-0.4, -0.2) is 50.0 Å². The first-order chi connectivity index (χ1) is 19.2. The number of pyridine rings is 1. The number of aromatic nitrogens is 4. The van der Waals surface area contributed by atoms with Crippen LogP contribution in [0.4, 0.5) is 0 Å². The van der Waals surface area contributed by atoms with Crippen LogP contribution >= 0.6 is 0 Å². The lowest BCUT2D eigenvalue weighted by Gasteiger charge is -2.33. The van der Waals surface area contributed by atoms with Crippen molar-refractivity contribution < 1.29 is 4.79 Å². The Kier molecular flexibility index (Phi) is 11.4. The minimum absolute atomic E-state index is 0.0773. The van der Waals surface area contributed by atoms with Crippen LogP contribution in [0.5, 0.6) is 0 Å². The summed E-state index contributed by atoms with van der Waals surface area (Å²) in [6.45, 7) is 20.1. The third kappa shape index (κ3) is 7.32. The van der Waals surface area contributed by atoms with Crippen LogP contribution < -0.4 is 0 Å². The van der Waals surface area contributed by atoms with Crippen molar-refractivity contribution in [2.45, 2.75) is 93.0 Å². The van der Waals surface area contributed by atoms with Gasteiger partial charge in [-0.25, -0.2) is 9.67 Å². The molecule has 0 saturated carbocycles. The molecule has 7 heteroatoms. The Labute approximate surface area is 240 Å². The van der Waals surface area contributed by atoms with E-state index in [9.17, 15) is 4.79 Å². The Morgan fingerprint density at radius 2 is 1.82 bits per heavy atom. The Hall–Kier alpha value is -3.61. The molecule has 3 heterocycles. The monoisotopic (exact) mass is 542 g/mol. The summed E-state index contributed by atoms with van der Waals surface area (Å²) in [5.74, 6) is 0.890. The lowest BCUT2D eigenvalue weighted by Crippen LogP contribution is -2.33.